The molecule has 0 aromatic heterocycles. The molecule has 0 aliphatic heterocycles. The third kappa shape index (κ3) is 5.04. The van der Waals surface area contributed by atoms with Gasteiger partial charge < -0.3 is 19.7 Å². The minimum Gasteiger partial charge on any atom is -0.507 e. The number of carbonyl (C=O) groups excluding carboxylic acids is 2. The molecule has 7 heteroatoms. The Kier molecular flexibility index (Phi) is 7.13. The van der Waals surface area contributed by atoms with Gasteiger partial charge in [-0.3, -0.25) is 4.79 Å². The number of benzene rings is 4. The van der Waals surface area contributed by atoms with Crippen molar-refractivity contribution in [3.05, 3.63) is 71.8 Å². The molecule has 0 atom stereocenters. The lowest BCUT2D eigenvalue weighted by molar-refractivity contribution is -0.137. The first-order valence-electron chi connectivity index (χ1n) is 12.6. The van der Waals surface area contributed by atoms with Crippen LogP contribution in [-0.4, -0.2) is 41.7 Å². The summed E-state index contributed by atoms with van der Waals surface area (Å²) in [5, 5.41) is 23.4. The normalized spacial score (nSPS) is 11.9. The molecule has 0 bridgehead atoms. The first kappa shape index (κ1) is 27.6. The van der Waals surface area contributed by atoms with Crippen LogP contribution >= 0.6 is 0 Å². The molecule has 7 nitrogen and oxygen atoms in total. The summed E-state index contributed by atoms with van der Waals surface area (Å²) in [6.45, 7) is 8.89. The van der Waals surface area contributed by atoms with Gasteiger partial charge in [0.15, 0.2) is 0 Å². The van der Waals surface area contributed by atoms with E-state index in [1.807, 2.05) is 32.9 Å². The van der Waals surface area contributed by atoms with Gasteiger partial charge in [-0.2, -0.15) is 0 Å². The molecule has 0 saturated carbocycles. The molecular weight excluding hydrogens is 496 g/mol. The number of ether oxygens (including phenoxy) is 2. The summed E-state index contributed by atoms with van der Waals surface area (Å²) in [6, 6.07) is 16.9. The van der Waals surface area contributed by atoms with E-state index in [0.29, 0.717) is 32.7 Å². The zero-order valence-electron chi connectivity index (χ0n) is 22.9. The molecule has 0 amide bonds. The third-order valence-corrected chi connectivity index (χ3v) is 6.81. The fourth-order valence-corrected chi connectivity index (χ4v) is 5.14. The number of Topliss-reactive ketones (excluding diaryl/α,β-unsaturated/α-hetero) is 1. The summed E-state index contributed by atoms with van der Waals surface area (Å²) in [7, 11) is 1.38. The van der Waals surface area contributed by atoms with Crippen LogP contribution in [0.1, 0.15) is 55.3 Å². The standard InChI is InChI=1S/C32H32O7/c1-31(2,3)30(37)32(4,5)17-39-29(36)22-13-9-12-21-20(22)14-15-24(33)25(21)26-19-11-8-7-10-18(19)16-23(28(34)35)27(26)38-6/h7-16,33H,17H2,1-6H3,(H,34,35). The second kappa shape index (κ2) is 10.1. The minimum atomic E-state index is -1.17. The number of esters is 1. The number of phenols is 1. The number of rotatable bonds is 7. The van der Waals surface area contributed by atoms with Crippen LogP contribution in [0.25, 0.3) is 32.7 Å². The molecular formula is C32H32O7. The summed E-state index contributed by atoms with van der Waals surface area (Å²) >= 11 is 0. The average molecular weight is 529 g/mol. The van der Waals surface area contributed by atoms with E-state index in [1.165, 1.54) is 19.2 Å². The van der Waals surface area contributed by atoms with Gasteiger partial charge in [-0.1, -0.05) is 57.2 Å². The van der Waals surface area contributed by atoms with Gasteiger partial charge >= 0.3 is 11.9 Å². The Morgan fingerprint density at radius 2 is 1.46 bits per heavy atom. The Labute approximate surface area is 227 Å². The van der Waals surface area contributed by atoms with Gasteiger partial charge in [0.1, 0.15) is 29.5 Å². The van der Waals surface area contributed by atoms with E-state index in [-0.39, 0.29) is 35.0 Å². The number of carboxylic acid groups (broad SMARTS) is 1. The smallest absolute Gasteiger partial charge is 0.339 e. The van der Waals surface area contributed by atoms with Gasteiger partial charge in [0.2, 0.25) is 0 Å². The molecule has 2 N–H and O–H groups in total. The molecule has 202 valence electrons. The van der Waals surface area contributed by atoms with Crippen molar-refractivity contribution in [2.24, 2.45) is 10.8 Å². The SMILES string of the molecule is COc1c(C(=O)O)cc2ccccc2c1-c1c(O)ccc2c(C(=O)OCC(C)(C)C(=O)C(C)(C)C)cccc12. The molecule has 0 fully saturated rings. The molecule has 0 heterocycles. The molecule has 4 aromatic carbocycles. The maximum atomic E-state index is 13.3. The van der Waals surface area contributed by atoms with Crippen LogP contribution in [0, 0.1) is 10.8 Å². The van der Waals surface area contributed by atoms with E-state index in [0.717, 1.165) is 0 Å². The van der Waals surface area contributed by atoms with Crippen molar-refractivity contribution in [2.45, 2.75) is 34.6 Å². The second-order valence-electron chi connectivity index (χ2n) is 11.3. The van der Waals surface area contributed by atoms with E-state index in [2.05, 4.69) is 0 Å². The van der Waals surface area contributed by atoms with E-state index in [1.54, 1.807) is 50.2 Å². The molecule has 0 aliphatic carbocycles. The lowest BCUT2D eigenvalue weighted by Gasteiger charge is -2.30. The molecule has 0 saturated heterocycles. The first-order valence-corrected chi connectivity index (χ1v) is 12.6. The van der Waals surface area contributed by atoms with Crippen LogP contribution in [0.15, 0.2) is 60.7 Å². The molecule has 4 rings (SSSR count). The maximum absolute atomic E-state index is 13.3. The van der Waals surface area contributed by atoms with E-state index in [4.69, 9.17) is 9.47 Å². The highest BCUT2D eigenvalue weighted by Crippen LogP contribution is 2.47. The quantitative estimate of drug-likeness (QED) is 0.252. The largest absolute Gasteiger partial charge is 0.507 e. The number of hydrogen-bond acceptors (Lipinski definition) is 6. The summed E-state index contributed by atoms with van der Waals surface area (Å²) in [5.41, 5.74) is -0.533. The van der Waals surface area contributed by atoms with Crippen LogP contribution in [0.4, 0.5) is 0 Å². The molecule has 0 unspecified atom stereocenters. The fourth-order valence-electron chi connectivity index (χ4n) is 5.14. The van der Waals surface area contributed by atoms with Crippen LogP contribution < -0.4 is 4.74 Å². The Hall–Kier alpha value is -4.39. The van der Waals surface area contributed by atoms with Crippen LogP contribution in [0.2, 0.25) is 0 Å². The van der Waals surface area contributed by atoms with Crippen LogP contribution in [-0.2, 0) is 9.53 Å². The number of carbonyl (C=O) groups is 3. The van der Waals surface area contributed by atoms with Crippen molar-refractivity contribution < 1.29 is 34.1 Å². The molecule has 39 heavy (non-hydrogen) atoms. The zero-order chi connectivity index (χ0) is 28.7. The monoisotopic (exact) mass is 528 g/mol. The van der Waals surface area contributed by atoms with E-state index >= 15 is 0 Å². The lowest BCUT2D eigenvalue weighted by atomic mass is 9.75. The van der Waals surface area contributed by atoms with Crippen molar-refractivity contribution in [1.29, 1.82) is 0 Å². The number of aromatic hydroxyl groups is 1. The highest BCUT2D eigenvalue weighted by atomic mass is 16.5. The number of carboxylic acids is 1. The average Bonchev–Trinajstić information content (AvgIpc) is 2.89. The van der Waals surface area contributed by atoms with E-state index in [9.17, 15) is 24.6 Å². The minimum absolute atomic E-state index is 0.0230. The number of methoxy groups -OCH3 is 1. The number of aromatic carboxylic acids is 1. The summed E-state index contributed by atoms with van der Waals surface area (Å²) < 4.78 is 11.2. The van der Waals surface area contributed by atoms with Crippen molar-refractivity contribution in [3.8, 4) is 22.6 Å². The Morgan fingerprint density at radius 1 is 0.795 bits per heavy atom. The molecule has 0 radical (unpaired) electrons. The number of fused-ring (bicyclic) bond motifs is 2. The van der Waals surface area contributed by atoms with Crippen LogP contribution in [0.5, 0.6) is 11.5 Å². The molecule has 0 aliphatic rings. The van der Waals surface area contributed by atoms with Gasteiger partial charge in [0.05, 0.1) is 18.1 Å². The van der Waals surface area contributed by atoms with Gasteiger partial charge in [-0.05, 0) is 59.7 Å². The molecule has 4 aromatic rings. The predicted molar refractivity (Wildman–Crippen MR) is 151 cm³/mol. The molecule has 0 spiro atoms. The van der Waals surface area contributed by atoms with Crippen molar-refractivity contribution in [3.63, 3.8) is 0 Å². The van der Waals surface area contributed by atoms with Gasteiger partial charge in [0.25, 0.3) is 0 Å². The predicted octanol–water partition coefficient (Wildman–Crippen LogP) is 6.87. The number of hydrogen-bond donors (Lipinski definition) is 2. The first-order chi connectivity index (χ1) is 18.3. The number of ketones is 1. The van der Waals surface area contributed by atoms with Gasteiger partial charge in [-0.25, -0.2) is 9.59 Å². The third-order valence-electron chi connectivity index (χ3n) is 6.81. The zero-order valence-corrected chi connectivity index (χ0v) is 22.9. The maximum Gasteiger partial charge on any atom is 0.339 e. The second-order valence-corrected chi connectivity index (χ2v) is 11.3. The van der Waals surface area contributed by atoms with Crippen molar-refractivity contribution in [1.82, 2.24) is 0 Å². The Morgan fingerprint density at radius 3 is 2.10 bits per heavy atom. The highest BCUT2D eigenvalue weighted by Gasteiger charge is 2.37. The highest BCUT2D eigenvalue weighted by molar-refractivity contribution is 6.16. The lowest BCUT2D eigenvalue weighted by Crippen LogP contribution is -2.38. The summed E-state index contributed by atoms with van der Waals surface area (Å²) in [4.78, 5) is 38.3. The summed E-state index contributed by atoms with van der Waals surface area (Å²) in [5.74, 6) is -1.81. The summed E-state index contributed by atoms with van der Waals surface area (Å²) in [6.07, 6.45) is 0. The van der Waals surface area contributed by atoms with Gasteiger partial charge in [-0.15, -0.1) is 0 Å². The van der Waals surface area contributed by atoms with Crippen LogP contribution in [0.3, 0.4) is 0 Å². The van der Waals surface area contributed by atoms with E-state index < -0.39 is 22.8 Å². The van der Waals surface area contributed by atoms with Crippen molar-refractivity contribution in [2.75, 3.05) is 13.7 Å². The van der Waals surface area contributed by atoms with Crippen molar-refractivity contribution >= 4 is 39.3 Å². The fraction of sp³-hybridized carbons (Fsp3) is 0.281. The van der Waals surface area contributed by atoms with Gasteiger partial charge in [0, 0.05) is 16.5 Å². The number of phenolic OH excluding ortho intramolecular Hbond substituents is 1. The topological polar surface area (TPSA) is 110 Å². The Balaban J connectivity index is 1.89. The Bertz CT molecular complexity index is 1620.